The zero-order valence-corrected chi connectivity index (χ0v) is 11.6. The summed E-state index contributed by atoms with van der Waals surface area (Å²) in [6, 6.07) is 5.09. The Hall–Kier alpha value is -2.78. The van der Waals surface area contributed by atoms with Gasteiger partial charge in [0.1, 0.15) is 5.75 Å². The number of carbonyl (C=O) groups is 1. The minimum absolute atomic E-state index is 0.192. The van der Waals surface area contributed by atoms with Crippen molar-refractivity contribution in [1.29, 1.82) is 0 Å². The maximum atomic E-state index is 12.1. The number of hydrogen-bond acceptors (Lipinski definition) is 4. The molecule has 0 radical (unpaired) electrons. The molecule has 0 spiro atoms. The van der Waals surface area contributed by atoms with Gasteiger partial charge in [0.2, 0.25) is 0 Å². The predicted molar refractivity (Wildman–Crippen MR) is 78.7 cm³/mol. The number of ether oxygens (including phenoxy) is 1. The molecule has 1 aromatic carbocycles. The van der Waals surface area contributed by atoms with Gasteiger partial charge in [-0.1, -0.05) is 11.8 Å². The van der Waals surface area contributed by atoms with Crippen molar-refractivity contribution in [3.8, 4) is 17.6 Å². The SMILES string of the molecule is COc1ccc(C(=O)NCc2cnc[nH]2)cc1C#CCN. The summed E-state index contributed by atoms with van der Waals surface area (Å²) in [5, 5.41) is 2.80. The van der Waals surface area contributed by atoms with Gasteiger partial charge in [0.15, 0.2) is 0 Å². The summed E-state index contributed by atoms with van der Waals surface area (Å²) in [7, 11) is 1.56. The lowest BCUT2D eigenvalue weighted by Crippen LogP contribution is -2.23. The Labute approximate surface area is 122 Å². The highest BCUT2D eigenvalue weighted by Gasteiger charge is 2.09. The van der Waals surface area contributed by atoms with E-state index in [1.807, 2.05) is 0 Å². The molecule has 4 N–H and O–H groups in total. The van der Waals surface area contributed by atoms with E-state index in [1.165, 1.54) is 0 Å². The van der Waals surface area contributed by atoms with E-state index in [0.29, 0.717) is 23.4 Å². The first kappa shape index (κ1) is 14.6. The largest absolute Gasteiger partial charge is 0.495 e. The van der Waals surface area contributed by atoms with Gasteiger partial charge in [0.25, 0.3) is 5.91 Å². The van der Waals surface area contributed by atoms with Crippen molar-refractivity contribution in [3.05, 3.63) is 47.5 Å². The predicted octanol–water partition coefficient (Wildman–Crippen LogP) is 0.659. The number of nitrogens with zero attached hydrogens (tertiary/aromatic N) is 1. The van der Waals surface area contributed by atoms with E-state index < -0.39 is 0 Å². The van der Waals surface area contributed by atoms with Crippen LogP contribution in [0, 0.1) is 11.8 Å². The van der Waals surface area contributed by atoms with Gasteiger partial charge in [0.05, 0.1) is 37.8 Å². The van der Waals surface area contributed by atoms with E-state index in [0.717, 1.165) is 5.69 Å². The lowest BCUT2D eigenvalue weighted by atomic mass is 10.1. The van der Waals surface area contributed by atoms with Gasteiger partial charge in [-0.05, 0) is 18.2 Å². The van der Waals surface area contributed by atoms with Crippen molar-refractivity contribution >= 4 is 5.91 Å². The van der Waals surface area contributed by atoms with Crippen LogP contribution in [0.25, 0.3) is 0 Å². The average Bonchev–Trinajstić information content (AvgIpc) is 3.03. The Balaban J connectivity index is 2.13. The number of nitrogens with two attached hydrogens (primary N) is 1. The molecule has 1 aromatic heterocycles. The molecule has 1 amide bonds. The van der Waals surface area contributed by atoms with Crippen molar-refractivity contribution in [1.82, 2.24) is 15.3 Å². The average molecular weight is 284 g/mol. The van der Waals surface area contributed by atoms with Crippen LogP contribution in [0.4, 0.5) is 0 Å². The van der Waals surface area contributed by atoms with Crippen LogP contribution in [0.3, 0.4) is 0 Å². The summed E-state index contributed by atoms with van der Waals surface area (Å²) in [5.41, 5.74) is 7.34. The van der Waals surface area contributed by atoms with Crippen LogP contribution < -0.4 is 15.8 Å². The molecule has 0 atom stereocenters. The minimum atomic E-state index is -0.192. The zero-order valence-electron chi connectivity index (χ0n) is 11.6. The van der Waals surface area contributed by atoms with Gasteiger partial charge in [0, 0.05) is 11.8 Å². The number of methoxy groups -OCH3 is 1. The molecule has 0 aliphatic heterocycles. The van der Waals surface area contributed by atoms with E-state index in [1.54, 1.807) is 37.8 Å². The summed E-state index contributed by atoms with van der Waals surface area (Å²) >= 11 is 0. The van der Waals surface area contributed by atoms with E-state index in [9.17, 15) is 4.79 Å². The molecule has 21 heavy (non-hydrogen) atoms. The second-order valence-electron chi connectivity index (χ2n) is 4.18. The van der Waals surface area contributed by atoms with Gasteiger partial charge in [-0.15, -0.1) is 0 Å². The van der Waals surface area contributed by atoms with Crippen molar-refractivity contribution in [2.45, 2.75) is 6.54 Å². The standard InChI is InChI=1S/C15H16N4O2/c1-21-14-5-4-12(7-11(14)3-2-6-16)15(20)18-9-13-8-17-10-19-13/h4-5,7-8,10H,6,9,16H2,1H3,(H,17,19)(H,18,20). The fraction of sp³-hybridized carbons (Fsp3) is 0.200. The van der Waals surface area contributed by atoms with Crippen LogP contribution in [0.5, 0.6) is 5.75 Å². The Morgan fingerprint density at radius 2 is 2.38 bits per heavy atom. The number of imidazole rings is 1. The third-order valence-corrected chi connectivity index (χ3v) is 2.78. The van der Waals surface area contributed by atoms with Crippen LogP contribution in [-0.4, -0.2) is 29.5 Å². The third kappa shape index (κ3) is 3.84. The summed E-state index contributed by atoms with van der Waals surface area (Å²) < 4.78 is 5.21. The zero-order chi connectivity index (χ0) is 15.1. The molecule has 2 rings (SSSR count). The topological polar surface area (TPSA) is 93.0 Å². The minimum Gasteiger partial charge on any atom is -0.495 e. The molecule has 0 saturated heterocycles. The molecule has 108 valence electrons. The number of hydrogen-bond donors (Lipinski definition) is 3. The van der Waals surface area contributed by atoms with Crippen LogP contribution in [0.15, 0.2) is 30.7 Å². The summed E-state index contributed by atoms with van der Waals surface area (Å²) in [5.74, 6) is 6.07. The lowest BCUT2D eigenvalue weighted by Gasteiger charge is -2.07. The monoisotopic (exact) mass is 284 g/mol. The highest BCUT2D eigenvalue weighted by atomic mass is 16.5. The second-order valence-corrected chi connectivity index (χ2v) is 4.18. The maximum Gasteiger partial charge on any atom is 0.251 e. The Bertz CT molecular complexity index is 669. The van der Waals surface area contributed by atoms with Crippen LogP contribution in [0.1, 0.15) is 21.6 Å². The number of aromatic amines is 1. The molecular formula is C15H16N4O2. The summed E-state index contributed by atoms with van der Waals surface area (Å²) in [4.78, 5) is 18.9. The molecule has 0 aliphatic rings. The second kappa shape index (κ2) is 7.12. The van der Waals surface area contributed by atoms with Gasteiger partial charge in [-0.2, -0.15) is 0 Å². The first-order chi connectivity index (χ1) is 10.2. The van der Waals surface area contributed by atoms with Crippen molar-refractivity contribution < 1.29 is 9.53 Å². The fourth-order valence-corrected chi connectivity index (χ4v) is 1.75. The molecular weight excluding hydrogens is 268 g/mol. The van der Waals surface area contributed by atoms with Crippen molar-refractivity contribution in [3.63, 3.8) is 0 Å². The summed E-state index contributed by atoms with van der Waals surface area (Å²) in [6.45, 7) is 0.633. The molecule has 2 aromatic rings. The van der Waals surface area contributed by atoms with E-state index in [2.05, 4.69) is 27.1 Å². The number of H-pyrrole nitrogens is 1. The van der Waals surface area contributed by atoms with E-state index in [-0.39, 0.29) is 12.5 Å². The Kier molecular flexibility index (Phi) is 4.96. The molecule has 0 bridgehead atoms. The fourth-order valence-electron chi connectivity index (χ4n) is 1.75. The summed E-state index contributed by atoms with van der Waals surface area (Å²) in [6.07, 6.45) is 3.22. The first-order valence-electron chi connectivity index (χ1n) is 6.37. The van der Waals surface area contributed by atoms with Crippen LogP contribution in [0.2, 0.25) is 0 Å². The quantitative estimate of drug-likeness (QED) is 0.719. The number of nitrogens with one attached hydrogen (secondary N) is 2. The normalized spacial score (nSPS) is 9.62. The highest BCUT2D eigenvalue weighted by molar-refractivity contribution is 5.94. The Morgan fingerprint density at radius 3 is 3.05 bits per heavy atom. The smallest absolute Gasteiger partial charge is 0.251 e. The molecule has 6 heteroatoms. The number of amides is 1. The molecule has 0 fully saturated rings. The van der Waals surface area contributed by atoms with Gasteiger partial charge < -0.3 is 20.8 Å². The first-order valence-corrected chi connectivity index (χ1v) is 6.37. The Morgan fingerprint density at radius 1 is 1.52 bits per heavy atom. The van der Waals surface area contributed by atoms with Gasteiger partial charge in [-0.25, -0.2) is 4.98 Å². The van der Waals surface area contributed by atoms with Gasteiger partial charge >= 0.3 is 0 Å². The molecule has 0 saturated carbocycles. The van der Waals surface area contributed by atoms with E-state index in [4.69, 9.17) is 10.5 Å². The number of benzene rings is 1. The number of rotatable bonds is 4. The third-order valence-electron chi connectivity index (χ3n) is 2.78. The maximum absolute atomic E-state index is 12.1. The molecule has 0 aliphatic carbocycles. The molecule has 6 nitrogen and oxygen atoms in total. The van der Waals surface area contributed by atoms with E-state index >= 15 is 0 Å². The van der Waals surface area contributed by atoms with Gasteiger partial charge in [-0.3, -0.25) is 4.79 Å². The van der Waals surface area contributed by atoms with Crippen molar-refractivity contribution in [2.75, 3.05) is 13.7 Å². The van der Waals surface area contributed by atoms with Crippen LogP contribution >= 0.6 is 0 Å². The van der Waals surface area contributed by atoms with Crippen LogP contribution in [-0.2, 0) is 6.54 Å². The van der Waals surface area contributed by atoms with Crippen molar-refractivity contribution in [2.24, 2.45) is 5.73 Å². The number of carbonyl (C=O) groups excluding carboxylic acids is 1. The molecule has 0 unspecified atom stereocenters. The molecule has 1 heterocycles. The highest BCUT2D eigenvalue weighted by Crippen LogP contribution is 2.18. The lowest BCUT2D eigenvalue weighted by molar-refractivity contribution is 0.0950. The number of aromatic nitrogens is 2.